The van der Waals surface area contributed by atoms with Crippen molar-refractivity contribution in [3.8, 4) is 5.75 Å². The summed E-state index contributed by atoms with van der Waals surface area (Å²) in [7, 11) is 0. The first-order valence-corrected chi connectivity index (χ1v) is 5.79. The second kappa shape index (κ2) is 5.07. The number of ether oxygens (including phenoxy) is 1. The monoisotopic (exact) mass is 221 g/mol. The van der Waals surface area contributed by atoms with Crippen molar-refractivity contribution < 1.29 is 4.74 Å². The summed E-state index contributed by atoms with van der Waals surface area (Å²) < 4.78 is 5.49. The average Bonchev–Trinajstić information content (AvgIpc) is 2.33. The van der Waals surface area contributed by atoms with E-state index in [1.54, 1.807) is 0 Å². The number of nitrogens with two attached hydrogens (primary N) is 1. The molecule has 88 valence electrons. The minimum absolute atomic E-state index is 0.685. The molecule has 3 N–H and O–H groups in total. The summed E-state index contributed by atoms with van der Waals surface area (Å²) in [6, 6.07) is 5.87. The van der Waals surface area contributed by atoms with Crippen molar-refractivity contribution in [2.24, 2.45) is 0 Å². The van der Waals surface area contributed by atoms with E-state index in [1.165, 1.54) is 0 Å². The van der Waals surface area contributed by atoms with E-state index in [1.807, 2.05) is 25.1 Å². The van der Waals surface area contributed by atoms with Crippen LogP contribution in [0, 0.1) is 0 Å². The van der Waals surface area contributed by atoms with Gasteiger partial charge in [0.05, 0.1) is 18.0 Å². The van der Waals surface area contributed by atoms with Gasteiger partial charge in [0.1, 0.15) is 5.75 Å². The van der Waals surface area contributed by atoms with Crippen molar-refractivity contribution in [1.82, 2.24) is 5.32 Å². The number of hydrogen-bond acceptors (Lipinski definition) is 4. The zero-order chi connectivity index (χ0) is 11.4. The third-order valence-corrected chi connectivity index (χ3v) is 2.77. The maximum Gasteiger partial charge on any atom is 0.121 e. The van der Waals surface area contributed by atoms with Crippen molar-refractivity contribution in [3.05, 3.63) is 18.2 Å². The molecule has 4 nitrogen and oxygen atoms in total. The average molecular weight is 221 g/mol. The van der Waals surface area contributed by atoms with Gasteiger partial charge in [0, 0.05) is 32.2 Å². The number of nitrogens with zero attached hydrogens (tertiary/aromatic N) is 1. The number of rotatable bonds is 3. The van der Waals surface area contributed by atoms with E-state index in [4.69, 9.17) is 10.5 Å². The second-order valence-corrected chi connectivity index (χ2v) is 3.89. The summed E-state index contributed by atoms with van der Waals surface area (Å²) in [5.74, 6) is 0.894. The zero-order valence-corrected chi connectivity index (χ0v) is 9.70. The quantitative estimate of drug-likeness (QED) is 0.750. The van der Waals surface area contributed by atoms with E-state index in [0.717, 1.165) is 43.3 Å². The molecular formula is C12H19N3O. The molecule has 1 aliphatic heterocycles. The molecule has 0 atom stereocenters. The molecule has 1 aliphatic rings. The Morgan fingerprint density at radius 1 is 1.38 bits per heavy atom. The SMILES string of the molecule is CCOc1ccc(N)c(N2CCNCC2)c1. The van der Waals surface area contributed by atoms with Gasteiger partial charge >= 0.3 is 0 Å². The Morgan fingerprint density at radius 3 is 2.81 bits per heavy atom. The van der Waals surface area contributed by atoms with Crippen LogP contribution >= 0.6 is 0 Å². The molecule has 16 heavy (non-hydrogen) atoms. The standard InChI is InChI=1S/C12H19N3O/c1-2-16-10-3-4-11(13)12(9-10)15-7-5-14-6-8-15/h3-4,9,14H,2,5-8,13H2,1H3. The number of nitrogens with one attached hydrogen (secondary N) is 1. The highest BCUT2D eigenvalue weighted by atomic mass is 16.5. The van der Waals surface area contributed by atoms with Crippen molar-refractivity contribution in [1.29, 1.82) is 0 Å². The van der Waals surface area contributed by atoms with Gasteiger partial charge in [-0.3, -0.25) is 0 Å². The molecule has 0 amide bonds. The summed E-state index contributed by atoms with van der Waals surface area (Å²) in [5, 5.41) is 3.33. The number of piperazine rings is 1. The fourth-order valence-corrected chi connectivity index (χ4v) is 1.96. The largest absolute Gasteiger partial charge is 0.494 e. The van der Waals surface area contributed by atoms with Crippen LogP contribution in [-0.4, -0.2) is 32.8 Å². The summed E-state index contributed by atoms with van der Waals surface area (Å²) in [4.78, 5) is 2.30. The zero-order valence-electron chi connectivity index (χ0n) is 9.70. The molecule has 0 unspecified atom stereocenters. The predicted molar refractivity (Wildman–Crippen MR) is 67.1 cm³/mol. The van der Waals surface area contributed by atoms with Gasteiger partial charge in [-0.25, -0.2) is 0 Å². The highest BCUT2D eigenvalue weighted by molar-refractivity contribution is 5.69. The number of anilines is 2. The fraction of sp³-hybridized carbons (Fsp3) is 0.500. The smallest absolute Gasteiger partial charge is 0.121 e. The molecule has 0 aliphatic carbocycles. The maximum absolute atomic E-state index is 6.00. The van der Waals surface area contributed by atoms with Crippen LogP contribution in [0.15, 0.2) is 18.2 Å². The van der Waals surface area contributed by atoms with Crippen LogP contribution in [0.3, 0.4) is 0 Å². The van der Waals surface area contributed by atoms with Crippen LogP contribution in [0.5, 0.6) is 5.75 Å². The van der Waals surface area contributed by atoms with Gasteiger partial charge in [0.25, 0.3) is 0 Å². The third kappa shape index (κ3) is 2.39. The lowest BCUT2D eigenvalue weighted by atomic mass is 10.2. The fourth-order valence-electron chi connectivity index (χ4n) is 1.96. The van der Waals surface area contributed by atoms with Crippen molar-refractivity contribution in [2.75, 3.05) is 43.4 Å². The number of nitrogen functional groups attached to an aromatic ring is 1. The van der Waals surface area contributed by atoms with Crippen LogP contribution in [0.4, 0.5) is 11.4 Å². The van der Waals surface area contributed by atoms with Crippen molar-refractivity contribution in [2.45, 2.75) is 6.92 Å². The minimum Gasteiger partial charge on any atom is -0.494 e. The van der Waals surface area contributed by atoms with E-state index >= 15 is 0 Å². The van der Waals surface area contributed by atoms with Gasteiger partial charge in [-0.2, -0.15) is 0 Å². The van der Waals surface area contributed by atoms with Gasteiger partial charge in [0.2, 0.25) is 0 Å². The Balaban J connectivity index is 2.19. The van der Waals surface area contributed by atoms with Gasteiger partial charge < -0.3 is 20.7 Å². The van der Waals surface area contributed by atoms with Crippen LogP contribution in [-0.2, 0) is 0 Å². The van der Waals surface area contributed by atoms with Gasteiger partial charge in [-0.1, -0.05) is 0 Å². The van der Waals surface area contributed by atoms with Crippen LogP contribution in [0.25, 0.3) is 0 Å². The molecule has 1 heterocycles. The second-order valence-electron chi connectivity index (χ2n) is 3.89. The Bertz CT molecular complexity index is 348. The summed E-state index contributed by atoms with van der Waals surface area (Å²) in [6.07, 6.45) is 0. The summed E-state index contributed by atoms with van der Waals surface area (Å²) in [6.45, 7) is 6.70. The first kappa shape index (κ1) is 11.1. The van der Waals surface area contributed by atoms with E-state index < -0.39 is 0 Å². The molecule has 1 saturated heterocycles. The topological polar surface area (TPSA) is 50.5 Å². The molecule has 4 heteroatoms. The number of hydrogen-bond donors (Lipinski definition) is 2. The number of benzene rings is 1. The molecule has 0 radical (unpaired) electrons. The lowest BCUT2D eigenvalue weighted by molar-refractivity contribution is 0.340. The molecule has 2 rings (SSSR count). The van der Waals surface area contributed by atoms with Gasteiger partial charge in [-0.05, 0) is 19.1 Å². The van der Waals surface area contributed by atoms with Crippen LogP contribution < -0.4 is 20.7 Å². The lowest BCUT2D eigenvalue weighted by Crippen LogP contribution is -2.43. The molecule has 0 bridgehead atoms. The predicted octanol–water partition coefficient (Wildman–Crippen LogP) is 1.08. The highest BCUT2D eigenvalue weighted by Gasteiger charge is 2.13. The molecule has 0 aromatic heterocycles. The van der Waals surface area contributed by atoms with Gasteiger partial charge in [-0.15, -0.1) is 0 Å². The summed E-state index contributed by atoms with van der Waals surface area (Å²) >= 11 is 0. The Hall–Kier alpha value is -1.42. The first-order chi connectivity index (χ1) is 7.81. The van der Waals surface area contributed by atoms with Crippen molar-refractivity contribution >= 4 is 11.4 Å². The van der Waals surface area contributed by atoms with E-state index in [9.17, 15) is 0 Å². The Labute approximate surface area is 96.4 Å². The molecule has 1 fully saturated rings. The molecule has 0 spiro atoms. The van der Waals surface area contributed by atoms with Crippen LogP contribution in [0.1, 0.15) is 6.92 Å². The third-order valence-electron chi connectivity index (χ3n) is 2.77. The first-order valence-electron chi connectivity index (χ1n) is 5.79. The molecule has 1 aromatic rings. The Morgan fingerprint density at radius 2 is 2.12 bits per heavy atom. The highest BCUT2D eigenvalue weighted by Crippen LogP contribution is 2.28. The Kier molecular flexibility index (Phi) is 3.51. The van der Waals surface area contributed by atoms with E-state index in [0.29, 0.717) is 6.61 Å². The van der Waals surface area contributed by atoms with E-state index in [-0.39, 0.29) is 0 Å². The van der Waals surface area contributed by atoms with Crippen molar-refractivity contribution in [3.63, 3.8) is 0 Å². The minimum atomic E-state index is 0.685. The van der Waals surface area contributed by atoms with Crippen LogP contribution in [0.2, 0.25) is 0 Å². The molecule has 1 aromatic carbocycles. The summed E-state index contributed by atoms with van der Waals surface area (Å²) in [5.41, 5.74) is 7.91. The molecular weight excluding hydrogens is 202 g/mol. The molecule has 0 saturated carbocycles. The van der Waals surface area contributed by atoms with E-state index in [2.05, 4.69) is 10.2 Å². The maximum atomic E-state index is 6.00. The lowest BCUT2D eigenvalue weighted by Gasteiger charge is -2.30. The normalized spacial score (nSPS) is 16.2. The van der Waals surface area contributed by atoms with Gasteiger partial charge in [0.15, 0.2) is 0 Å².